The third-order valence-corrected chi connectivity index (χ3v) is 5.03. The van der Waals surface area contributed by atoms with Gasteiger partial charge >= 0.3 is 0 Å². The summed E-state index contributed by atoms with van der Waals surface area (Å²) in [5, 5.41) is 7.85. The highest BCUT2D eigenvalue weighted by atomic mass is 16.1. The number of aromatic nitrogens is 5. The second-order valence-electron chi connectivity index (χ2n) is 7.60. The molecule has 0 saturated heterocycles. The van der Waals surface area contributed by atoms with Crippen LogP contribution in [0.25, 0.3) is 27.7 Å². The van der Waals surface area contributed by atoms with Gasteiger partial charge in [0, 0.05) is 40.7 Å². The fourth-order valence-electron chi connectivity index (χ4n) is 3.30. The van der Waals surface area contributed by atoms with Crippen molar-refractivity contribution in [2.45, 2.75) is 52.4 Å². The van der Waals surface area contributed by atoms with Gasteiger partial charge in [-0.1, -0.05) is 32.6 Å². The normalized spacial score (nSPS) is 12.5. The summed E-state index contributed by atoms with van der Waals surface area (Å²) in [6.45, 7) is 4.28. The summed E-state index contributed by atoms with van der Waals surface area (Å²) in [5.41, 5.74) is 5.85. The average molecular weight is 403 g/mol. The van der Waals surface area contributed by atoms with Gasteiger partial charge in [-0.3, -0.25) is 9.78 Å². The molecule has 0 radical (unpaired) electrons. The van der Waals surface area contributed by atoms with Crippen molar-refractivity contribution < 1.29 is 4.79 Å². The molecule has 0 aliphatic heterocycles. The first-order valence-corrected chi connectivity index (χ1v) is 10.5. The second kappa shape index (κ2) is 8.98. The molecule has 0 bridgehead atoms. The Hall–Kier alpha value is -3.35. The van der Waals surface area contributed by atoms with Crippen LogP contribution in [0.2, 0.25) is 0 Å². The first-order chi connectivity index (χ1) is 14.7. The van der Waals surface area contributed by atoms with Crippen molar-refractivity contribution in [2.24, 2.45) is 0 Å². The summed E-state index contributed by atoms with van der Waals surface area (Å²) in [5.74, 6) is 0.472. The lowest BCUT2D eigenvalue weighted by atomic mass is 10.0. The van der Waals surface area contributed by atoms with Gasteiger partial charge in [-0.25, -0.2) is 14.5 Å². The molecule has 1 amide bonds. The molecular weight excluding hydrogens is 376 g/mol. The molecular formula is C23H26N6O. The second-order valence-corrected chi connectivity index (χ2v) is 7.60. The molecule has 1 fully saturated rings. The van der Waals surface area contributed by atoms with Crippen LogP contribution in [-0.2, 0) is 11.2 Å². The van der Waals surface area contributed by atoms with E-state index in [1.54, 1.807) is 16.8 Å². The molecule has 7 nitrogen and oxygen atoms in total. The first-order valence-electron chi connectivity index (χ1n) is 10.5. The van der Waals surface area contributed by atoms with E-state index in [2.05, 4.69) is 45.3 Å². The Balaban J connectivity index is 0.000000667. The molecule has 1 N–H and O–H groups in total. The highest BCUT2D eigenvalue weighted by molar-refractivity contribution is 5.92. The van der Waals surface area contributed by atoms with E-state index in [-0.39, 0.29) is 0 Å². The van der Waals surface area contributed by atoms with E-state index in [0.717, 1.165) is 58.2 Å². The SMILES string of the molecule is C1CC1.CCCCc1cc(C)c(-c2cc3cnc(NC=O)cc3n3ncnc23)cn1. The van der Waals surface area contributed by atoms with Crippen LogP contribution >= 0.6 is 0 Å². The van der Waals surface area contributed by atoms with Gasteiger partial charge in [0.05, 0.1) is 5.52 Å². The number of hydrogen-bond donors (Lipinski definition) is 1. The predicted octanol–water partition coefficient (Wildman–Crippen LogP) is 4.73. The van der Waals surface area contributed by atoms with Gasteiger partial charge in [0.1, 0.15) is 12.1 Å². The lowest BCUT2D eigenvalue weighted by molar-refractivity contribution is -0.105. The average Bonchev–Trinajstić information content (AvgIpc) is 3.56. The Morgan fingerprint density at radius 1 is 1.07 bits per heavy atom. The number of unbranched alkanes of at least 4 members (excludes halogenated alkanes) is 1. The molecule has 0 unspecified atom stereocenters. The van der Waals surface area contributed by atoms with Crippen LogP contribution in [0.3, 0.4) is 0 Å². The van der Waals surface area contributed by atoms with E-state index in [4.69, 9.17) is 0 Å². The molecule has 0 spiro atoms. The molecule has 7 heteroatoms. The Kier molecular flexibility index (Phi) is 5.97. The maximum atomic E-state index is 10.7. The fourth-order valence-corrected chi connectivity index (χ4v) is 3.30. The summed E-state index contributed by atoms with van der Waals surface area (Å²) in [6.07, 6.45) is 13.6. The van der Waals surface area contributed by atoms with Gasteiger partial charge in [-0.2, -0.15) is 5.10 Å². The van der Waals surface area contributed by atoms with Crippen molar-refractivity contribution in [3.8, 4) is 11.1 Å². The molecule has 1 aliphatic carbocycles. The van der Waals surface area contributed by atoms with E-state index in [1.165, 1.54) is 25.6 Å². The zero-order valence-electron chi connectivity index (χ0n) is 17.4. The fraction of sp³-hybridized carbons (Fsp3) is 0.348. The third kappa shape index (κ3) is 4.30. The van der Waals surface area contributed by atoms with Gasteiger partial charge in [0.2, 0.25) is 6.41 Å². The van der Waals surface area contributed by atoms with Crippen molar-refractivity contribution >= 4 is 28.8 Å². The van der Waals surface area contributed by atoms with Gasteiger partial charge in [0.15, 0.2) is 5.65 Å². The predicted molar refractivity (Wildman–Crippen MR) is 118 cm³/mol. The molecule has 154 valence electrons. The monoisotopic (exact) mass is 402 g/mol. The molecule has 5 rings (SSSR count). The summed E-state index contributed by atoms with van der Waals surface area (Å²) in [7, 11) is 0. The summed E-state index contributed by atoms with van der Waals surface area (Å²) in [4.78, 5) is 24.1. The van der Waals surface area contributed by atoms with Crippen molar-refractivity contribution in [1.29, 1.82) is 0 Å². The van der Waals surface area contributed by atoms with Crippen LogP contribution in [0.15, 0.2) is 36.9 Å². The van der Waals surface area contributed by atoms with Crippen molar-refractivity contribution in [2.75, 3.05) is 5.32 Å². The molecule has 30 heavy (non-hydrogen) atoms. The van der Waals surface area contributed by atoms with Gasteiger partial charge in [-0.05, 0) is 37.5 Å². The number of nitrogens with one attached hydrogen (secondary N) is 1. The Labute approximate surface area is 175 Å². The van der Waals surface area contributed by atoms with Crippen LogP contribution in [0.1, 0.15) is 50.3 Å². The van der Waals surface area contributed by atoms with Crippen LogP contribution in [0.4, 0.5) is 5.82 Å². The number of nitrogens with zero attached hydrogens (tertiary/aromatic N) is 5. The van der Waals surface area contributed by atoms with E-state index >= 15 is 0 Å². The minimum Gasteiger partial charge on any atom is -0.313 e. The van der Waals surface area contributed by atoms with Gasteiger partial charge in [0.25, 0.3) is 0 Å². The summed E-state index contributed by atoms with van der Waals surface area (Å²) < 4.78 is 1.77. The summed E-state index contributed by atoms with van der Waals surface area (Å²) >= 11 is 0. The molecule has 1 saturated carbocycles. The third-order valence-electron chi connectivity index (χ3n) is 5.03. The molecule has 4 heterocycles. The Bertz CT molecular complexity index is 1180. The standard InChI is InChI=1S/C20H20N6O.C3H6/c1-3-4-5-15-6-13(2)17(10-21-15)16-7-14-9-22-19(24-12-27)8-18(14)26-20(16)23-11-25-26;1-2-3-1/h6-12H,3-5H2,1-2H3,(H,22,24,27);1-3H2. The van der Waals surface area contributed by atoms with Crippen LogP contribution in [-0.4, -0.2) is 31.0 Å². The van der Waals surface area contributed by atoms with E-state index < -0.39 is 0 Å². The Morgan fingerprint density at radius 2 is 1.90 bits per heavy atom. The lowest BCUT2D eigenvalue weighted by Crippen LogP contribution is -2.00. The van der Waals surface area contributed by atoms with E-state index in [0.29, 0.717) is 12.2 Å². The van der Waals surface area contributed by atoms with E-state index in [1.807, 2.05) is 12.3 Å². The Morgan fingerprint density at radius 3 is 2.60 bits per heavy atom. The minimum atomic E-state index is 0.472. The molecule has 4 aromatic rings. The molecule has 0 atom stereocenters. The highest BCUT2D eigenvalue weighted by Crippen LogP contribution is 2.30. The highest BCUT2D eigenvalue weighted by Gasteiger charge is 2.14. The molecule has 0 aromatic carbocycles. The number of anilines is 1. The zero-order chi connectivity index (χ0) is 20.9. The zero-order valence-corrected chi connectivity index (χ0v) is 17.4. The smallest absolute Gasteiger partial charge is 0.212 e. The van der Waals surface area contributed by atoms with Crippen LogP contribution < -0.4 is 5.32 Å². The number of amides is 1. The number of hydrogen-bond acceptors (Lipinski definition) is 5. The van der Waals surface area contributed by atoms with Crippen molar-refractivity contribution in [1.82, 2.24) is 24.6 Å². The van der Waals surface area contributed by atoms with Crippen molar-refractivity contribution in [3.63, 3.8) is 0 Å². The maximum Gasteiger partial charge on any atom is 0.212 e. The minimum absolute atomic E-state index is 0.472. The van der Waals surface area contributed by atoms with Crippen LogP contribution in [0.5, 0.6) is 0 Å². The topological polar surface area (TPSA) is 85.1 Å². The molecule has 1 aliphatic rings. The van der Waals surface area contributed by atoms with Gasteiger partial charge in [-0.15, -0.1) is 0 Å². The number of carbonyl (C=O) groups excluding carboxylic acids is 1. The first kappa shape index (κ1) is 19.9. The number of fused-ring (bicyclic) bond motifs is 3. The van der Waals surface area contributed by atoms with Crippen molar-refractivity contribution in [3.05, 3.63) is 48.2 Å². The number of aryl methyl sites for hydroxylation is 2. The number of carbonyl (C=O) groups is 1. The van der Waals surface area contributed by atoms with E-state index in [9.17, 15) is 4.79 Å². The lowest BCUT2D eigenvalue weighted by Gasteiger charge is -2.11. The quantitative estimate of drug-likeness (QED) is 0.471. The maximum absolute atomic E-state index is 10.7. The number of pyridine rings is 3. The largest absolute Gasteiger partial charge is 0.313 e. The molecule has 4 aromatic heterocycles. The van der Waals surface area contributed by atoms with Crippen LogP contribution in [0, 0.1) is 6.92 Å². The number of rotatable bonds is 6. The van der Waals surface area contributed by atoms with Gasteiger partial charge < -0.3 is 5.32 Å². The summed E-state index contributed by atoms with van der Waals surface area (Å²) in [6, 6.07) is 5.98.